The topological polar surface area (TPSA) is 17.1 Å². The number of carbonyl (C=O) groups excluding carboxylic acids is 1. The number of rotatable bonds is 2. The van der Waals surface area contributed by atoms with E-state index < -0.39 is 0 Å². The van der Waals surface area contributed by atoms with Gasteiger partial charge in [-0.2, -0.15) is 0 Å². The fourth-order valence-electron chi connectivity index (χ4n) is 0.743. The molecule has 1 rings (SSSR count). The van der Waals surface area contributed by atoms with Crippen LogP contribution in [0.15, 0.2) is 11.4 Å². The zero-order chi connectivity index (χ0) is 6.69. The first kappa shape index (κ1) is 6.49. The lowest BCUT2D eigenvalue weighted by atomic mass is 10.2. The monoisotopic (exact) mass is 140 g/mol. The minimum atomic E-state index is 0.873. The van der Waals surface area contributed by atoms with Crippen molar-refractivity contribution in [1.29, 1.82) is 0 Å². The smallest absolute Gasteiger partial charge is 0.160 e. The summed E-state index contributed by atoms with van der Waals surface area (Å²) in [6.45, 7) is 2.05. The Kier molecular flexibility index (Phi) is 2.01. The molecule has 0 atom stereocenters. The standard InChI is InChI=1S/C7H8OS/c1-2-6-3-4-9-7(6)5-8/h3-5H,2H2,1H3. The Morgan fingerprint density at radius 2 is 2.56 bits per heavy atom. The Labute approximate surface area is 58.3 Å². The van der Waals surface area contributed by atoms with Gasteiger partial charge in [-0.05, 0) is 23.4 Å². The summed E-state index contributed by atoms with van der Waals surface area (Å²) in [6.07, 6.45) is 1.88. The van der Waals surface area contributed by atoms with Crippen molar-refractivity contribution in [2.45, 2.75) is 13.3 Å². The van der Waals surface area contributed by atoms with Crippen LogP contribution in [0.2, 0.25) is 0 Å². The molecule has 9 heavy (non-hydrogen) atoms. The maximum atomic E-state index is 10.3. The highest BCUT2D eigenvalue weighted by atomic mass is 32.1. The zero-order valence-corrected chi connectivity index (χ0v) is 6.07. The van der Waals surface area contributed by atoms with Gasteiger partial charge in [0, 0.05) is 0 Å². The summed E-state index contributed by atoms with van der Waals surface area (Å²) in [5.41, 5.74) is 1.16. The third kappa shape index (κ3) is 1.19. The van der Waals surface area contributed by atoms with Crippen molar-refractivity contribution in [2.24, 2.45) is 0 Å². The molecule has 1 aromatic heterocycles. The van der Waals surface area contributed by atoms with Crippen molar-refractivity contribution in [3.63, 3.8) is 0 Å². The molecular formula is C7H8OS. The Bertz CT molecular complexity index is 202. The summed E-state index contributed by atoms with van der Waals surface area (Å²) in [6, 6.07) is 1.99. The van der Waals surface area contributed by atoms with E-state index in [1.54, 1.807) is 0 Å². The molecule has 0 aliphatic heterocycles. The number of aldehydes is 1. The van der Waals surface area contributed by atoms with E-state index in [2.05, 4.69) is 6.92 Å². The van der Waals surface area contributed by atoms with Crippen LogP contribution in [0.4, 0.5) is 0 Å². The van der Waals surface area contributed by atoms with Crippen LogP contribution in [0.1, 0.15) is 22.2 Å². The van der Waals surface area contributed by atoms with Crippen molar-refractivity contribution in [1.82, 2.24) is 0 Å². The third-order valence-electron chi connectivity index (χ3n) is 1.27. The number of carbonyl (C=O) groups is 1. The fraction of sp³-hybridized carbons (Fsp3) is 0.286. The van der Waals surface area contributed by atoms with Gasteiger partial charge < -0.3 is 0 Å². The molecule has 0 N–H and O–H groups in total. The molecule has 1 nitrogen and oxygen atoms in total. The largest absolute Gasteiger partial charge is 0.297 e. The van der Waals surface area contributed by atoms with Crippen LogP contribution in [0.5, 0.6) is 0 Å². The summed E-state index contributed by atoms with van der Waals surface area (Å²) in [4.78, 5) is 11.1. The van der Waals surface area contributed by atoms with E-state index in [1.807, 2.05) is 11.4 Å². The van der Waals surface area contributed by atoms with Gasteiger partial charge in [0.2, 0.25) is 0 Å². The van der Waals surface area contributed by atoms with E-state index in [4.69, 9.17) is 0 Å². The predicted octanol–water partition coefficient (Wildman–Crippen LogP) is 2.12. The molecule has 1 aromatic rings. The lowest BCUT2D eigenvalue weighted by Crippen LogP contribution is -1.80. The summed E-state index contributed by atoms with van der Waals surface area (Å²) >= 11 is 1.51. The molecule has 0 aliphatic carbocycles. The van der Waals surface area contributed by atoms with Gasteiger partial charge in [0.25, 0.3) is 0 Å². The van der Waals surface area contributed by atoms with E-state index in [0.29, 0.717) is 0 Å². The Morgan fingerprint density at radius 3 is 3.00 bits per heavy atom. The van der Waals surface area contributed by atoms with E-state index in [0.717, 1.165) is 23.1 Å². The highest BCUT2D eigenvalue weighted by molar-refractivity contribution is 7.11. The van der Waals surface area contributed by atoms with Gasteiger partial charge in [-0.1, -0.05) is 6.92 Å². The third-order valence-corrected chi connectivity index (χ3v) is 2.15. The lowest BCUT2D eigenvalue weighted by molar-refractivity contribution is 0.112. The summed E-state index contributed by atoms with van der Waals surface area (Å²) in [5, 5.41) is 1.95. The summed E-state index contributed by atoms with van der Waals surface area (Å²) in [5.74, 6) is 0. The molecule has 1 heterocycles. The SMILES string of the molecule is CCc1ccsc1C=O. The van der Waals surface area contributed by atoms with Gasteiger partial charge >= 0.3 is 0 Å². The maximum Gasteiger partial charge on any atom is 0.160 e. The molecular weight excluding hydrogens is 132 g/mol. The number of hydrogen-bond donors (Lipinski definition) is 0. The van der Waals surface area contributed by atoms with Crippen molar-refractivity contribution < 1.29 is 4.79 Å². The molecule has 0 saturated heterocycles. The summed E-state index contributed by atoms with van der Waals surface area (Å²) in [7, 11) is 0. The minimum absolute atomic E-state index is 0.873. The second-order valence-electron chi connectivity index (χ2n) is 1.78. The van der Waals surface area contributed by atoms with Crippen LogP contribution >= 0.6 is 11.3 Å². The molecule has 0 radical (unpaired) electrons. The first-order valence-electron chi connectivity index (χ1n) is 2.90. The molecule has 48 valence electrons. The number of aryl methyl sites for hydroxylation is 1. The molecule has 0 bridgehead atoms. The van der Waals surface area contributed by atoms with Crippen molar-refractivity contribution in [3.05, 3.63) is 21.9 Å². The number of hydrogen-bond acceptors (Lipinski definition) is 2. The van der Waals surface area contributed by atoms with Gasteiger partial charge in [-0.15, -0.1) is 11.3 Å². The van der Waals surface area contributed by atoms with Gasteiger partial charge in [0.15, 0.2) is 6.29 Å². The van der Waals surface area contributed by atoms with Crippen molar-refractivity contribution >= 4 is 17.6 Å². The normalized spacial score (nSPS) is 9.44. The second-order valence-corrected chi connectivity index (χ2v) is 2.73. The zero-order valence-electron chi connectivity index (χ0n) is 5.26. The lowest BCUT2D eigenvalue weighted by Gasteiger charge is -1.87. The second kappa shape index (κ2) is 2.78. The quantitative estimate of drug-likeness (QED) is 0.575. The molecule has 0 spiro atoms. The van der Waals surface area contributed by atoms with Crippen LogP contribution in [0.25, 0.3) is 0 Å². The highest BCUT2D eigenvalue weighted by Gasteiger charge is 1.97. The van der Waals surface area contributed by atoms with E-state index in [9.17, 15) is 4.79 Å². The maximum absolute atomic E-state index is 10.3. The molecule has 0 fully saturated rings. The van der Waals surface area contributed by atoms with Gasteiger partial charge in [0.05, 0.1) is 4.88 Å². The summed E-state index contributed by atoms with van der Waals surface area (Å²) < 4.78 is 0. The van der Waals surface area contributed by atoms with E-state index in [-0.39, 0.29) is 0 Å². The molecule has 2 heteroatoms. The van der Waals surface area contributed by atoms with Crippen LogP contribution in [0, 0.1) is 0 Å². The highest BCUT2D eigenvalue weighted by Crippen LogP contribution is 2.13. The van der Waals surface area contributed by atoms with Crippen LogP contribution in [0.3, 0.4) is 0 Å². The van der Waals surface area contributed by atoms with Gasteiger partial charge in [0.1, 0.15) is 0 Å². The average Bonchev–Trinajstić information content (AvgIpc) is 2.33. The Morgan fingerprint density at radius 1 is 1.78 bits per heavy atom. The van der Waals surface area contributed by atoms with E-state index >= 15 is 0 Å². The molecule has 0 saturated carbocycles. The van der Waals surface area contributed by atoms with E-state index in [1.165, 1.54) is 11.3 Å². The van der Waals surface area contributed by atoms with Crippen LogP contribution in [-0.4, -0.2) is 6.29 Å². The van der Waals surface area contributed by atoms with Crippen molar-refractivity contribution in [3.8, 4) is 0 Å². The van der Waals surface area contributed by atoms with Gasteiger partial charge in [-0.3, -0.25) is 4.79 Å². The van der Waals surface area contributed by atoms with Gasteiger partial charge in [-0.25, -0.2) is 0 Å². The fourth-order valence-corrected chi connectivity index (χ4v) is 1.54. The first-order valence-corrected chi connectivity index (χ1v) is 3.78. The molecule has 0 aromatic carbocycles. The average molecular weight is 140 g/mol. The molecule has 0 amide bonds. The predicted molar refractivity (Wildman–Crippen MR) is 39.1 cm³/mol. The first-order chi connectivity index (χ1) is 4.38. The van der Waals surface area contributed by atoms with Crippen molar-refractivity contribution in [2.75, 3.05) is 0 Å². The Balaban J connectivity index is 2.98. The molecule has 0 aliphatic rings. The van der Waals surface area contributed by atoms with Crippen LogP contribution < -0.4 is 0 Å². The van der Waals surface area contributed by atoms with Crippen LogP contribution in [-0.2, 0) is 6.42 Å². The molecule has 0 unspecified atom stereocenters. The Hall–Kier alpha value is -0.630. The minimum Gasteiger partial charge on any atom is -0.297 e. The number of thiophene rings is 1.